The lowest BCUT2D eigenvalue weighted by Crippen LogP contribution is -2.52. The number of halogens is 3. The lowest BCUT2D eigenvalue weighted by Gasteiger charge is -2.37. The van der Waals surface area contributed by atoms with Gasteiger partial charge in [0.2, 0.25) is 0 Å². The summed E-state index contributed by atoms with van der Waals surface area (Å²) in [4.78, 5) is 8.76. The van der Waals surface area contributed by atoms with Gasteiger partial charge >= 0.3 is 0 Å². The van der Waals surface area contributed by atoms with Gasteiger partial charge in [-0.2, -0.15) is 0 Å². The number of nitrogens with zero attached hydrogens (tertiary/aromatic N) is 3. The van der Waals surface area contributed by atoms with Crippen LogP contribution in [0.5, 0.6) is 0 Å². The molecule has 0 spiro atoms. The van der Waals surface area contributed by atoms with Gasteiger partial charge in [0.15, 0.2) is 5.96 Å². The van der Waals surface area contributed by atoms with E-state index in [1.165, 1.54) is 12.1 Å². The van der Waals surface area contributed by atoms with Crippen molar-refractivity contribution < 1.29 is 13.5 Å². The third-order valence-electron chi connectivity index (χ3n) is 4.33. The summed E-state index contributed by atoms with van der Waals surface area (Å²) in [6.07, 6.45) is 1.99. The topological polar surface area (TPSA) is 40.1 Å². The Kier molecular flexibility index (Phi) is 11.6. The maximum atomic E-state index is 14.0. The van der Waals surface area contributed by atoms with E-state index in [1.54, 1.807) is 0 Å². The van der Waals surface area contributed by atoms with E-state index in [9.17, 15) is 8.78 Å². The van der Waals surface area contributed by atoms with Gasteiger partial charge in [-0.3, -0.25) is 4.99 Å². The monoisotopic (exact) mass is 496 g/mol. The SMILES string of the molecule is CCNC(=NCCCCOCC)N1CCN(c2cc(F)ccc2F)CC1.I. The molecule has 0 amide bonds. The molecular formula is C19H31F2IN4O. The number of guanidine groups is 1. The van der Waals surface area contributed by atoms with Crippen molar-refractivity contribution in [2.45, 2.75) is 26.7 Å². The number of rotatable bonds is 8. The van der Waals surface area contributed by atoms with Crippen molar-refractivity contribution in [3.63, 3.8) is 0 Å². The molecule has 0 aliphatic carbocycles. The summed E-state index contributed by atoms with van der Waals surface area (Å²) < 4.78 is 32.7. The molecule has 1 aromatic rings. The van der Waals surface area contributed by atoms with Gasteiger partial charge in [-0.25, -0.2) is 8.78 Å². The summed E-state index contributed by atoms with van der Waals surface area (Å²) in [7, 11) is 0. The fourth-order valence-corrected chi connectivity index (χ4v) is 2.96. The Morgan fingerprint density at radius 3 is 2.56 bits per heavy atom. The van der Waals surface area contributed by atoms with Gasteiger partial charge in [-0.05, 0) is 38.8 Å². The van der Waals surface area contributed by atoms with Crippen LogP contribution in [0.15, 0.2) is 23.2 Å². The zero-order valence-corrected chi connectivity index (χ0v) is 18.5. The Labute approximate surface area is 178 Å². The van der Waals surface area contributed by atoms with E-state index in [4.69, 9.17) is 4.74 Å². The van der Waals surface area contributed by atoms with E-state index in [-0.39, 0.29) is 29.8 Å². The standard InChI is InChI=1S/C19H30F2N4O.HI/c1-3-22-19(23-9-5-6-14-26-4-2)25-12-10-24(11-13-25)18-15-16(20)7-8-17(18)21;/h7-8,15H,3-6,9-14H2,1-2H3,(H,22,23);1H. The summed E-state index contributed by atoms with van der Waals surface area (Å²) in [5, 5.41) is 3.32. The van der Waals surface area contributed by atoms with Crippen molar-refractivity contribution >= 4 is 35.6 Å². The zero-order valence-electron chi connectivity index (χ0n) is 16.2. The number of anilines is 1. The van der Waals surface area contributed by atoms with Crippen LogP contribution in [0, 0.1) is 11.6 Å². The molecule has 1 heterocycles. The molecule has 1 aliphatic rings. The maximum Gasteiger partial charge on any atom is 0.194 e. The number of unbranched alkanes of at least 4 members (excludes halogenated alkanes) is 1. The van der Waals surface area contributed by atoms with Crippen molar-refractivity contribution in [1.82, 2.24) is 10.2 Å². The van der Waals surface area contributed by atoms with E-state index >= 15 is 0 Å². The Morgan fingerprint density at radius 2 is 1.89 bits per heavy atom. The molecule has 1 aromatic carbocycles. The number of benzene rings is 1. The average molecular weight is 496 g/mol. The minimum Gasteiger partial charge on any atom is -0.382 e. The minimum atomic E-state index is -0.411. The summed E-state index contributed by atoms with van der Waals surface area (Å²) in [5.74, 6) is 0.101. The number of aliphatic imine (C=N–C) groups is 1. The summed E-state index contributed by atoms with van der Waals surface area (Å²) in [5.41, 5.74) is 0.336. The van der Waals surface area contributed by atoms with Gasteiger partial charge in [-0.1, -0.05) is 0 Å². The van der Waals surface area contributed by atoms with Gasteiger partial charge in [0.1, 0.15) is 11.6 Å². The lowest BCUT2D eigenvalue weighted by molar-refractivity contribution is 0.144. The number of hydrogen-bond acceptors (Lipinski definition) is 3. The molecule has 0 radical (unpaired) electrons. The highest BCUT2D eigenvalue weighted by Gasteiger charge is 2.21. The van der Waals surface area contributed by atoms with E-state index in [0.717, 1.165) is 64.3 Å². The van der Waals surface area contributed by atoms with Crippen molar-refractivity contribution in [3.05, 3.63) is 29.8 Å². The lowest BCUT2D eigenvalue weighted by atomic mass is 10.2. The molecule has 1 fully saturated rings. The molecule has 0 aromatic heterocycles. The molecule has 0 bridgehead atoms. The summed E-state index contributed by atoms with van der Waals surface area (Å²) in [6.45, 7) is 9.85. The minimum absolute atomic E-state index is 0. The Morgan fingerprint density at radius 1 is 1.15 bits per heavy atom. The van der Waals surface area contributed by atoms with E-state index in [2.05, 4.69) is 15.2 Å². The molecule has 2 rings (SSSR count). The van der Waals surface area contributed by atoms with Crippen molar-refractivity contribution in [3.8, 4) is 0 Å². The number of piperazine rings is 1. The van der Waals surface area contributed by atoms with Gasteiger partial charge in [0.25, 0.3) is 0 Å². The second-order valence-electron chi connectivity index (χ2n) is 6.21. The molecule has 1 N–H and O–H groups in total. The first-order valence-corrected chi connectivity index (χ1v) is 9.46. The average Bonchev–Trinajstić information content (AvgIpc) is 2.66. The van der Waals surface area contributed by atoms with Crippen molar-refractivity contribution in [1.29, 1.82) is 0 Å². The van der Waals surface area contributed by atoms with Gasteiger partial charge < -0.3 is 19.9 Å². The van der Waals surface area contributed by atoms with Crippen LogP contribution in [0.4, 0.5) is 14.5 Å². The normalized spacial score (nSPS) is 14.9. The largest absolute Gasteiger partial charge is 0.382 e. The number of nitrogens with one attached hydrogen (secondary N) is 1. The van der Waals surface area contributed by atoms with Crippen LogP contribution < -0.4 is 10.2 Å². The van der Waals surface area contributed by atoms with Gasteiger partial charge in [0.05, 0.1) is 5.69 Å². The predicted octanol–water partition coefficient (Wildman–Crippen LogP) is 3.49. The molecular weight excluding hydrogens is 465 g/mol. The summed E-state index contributed by atoms with van der Waals surface area (Å²) in [6, 6.07) is 3.60. The van der Waals surface area contributed by atoms with Crippen molar-refractivity contribution in [2.75, 3.05) is 57.4 Å². The highest BCUT2D eigenvalue weighted by Crippen LogP contribution is 2.21. The predicted molar refractivity (Wildman–Crippen MR) is 117 cm³/mol. The van der Waals surface area contributed by atoms with E-state index in [0.29, 0.717) is 18.8 Å². The van der Waals surface area contributed by atoms with Crippen LogP contribution in [-0.4, -0.2) is 63.3 Å². The second kappa shape index (κ2) is 13.1. The molecule has 8 heteroatoms. The van der Waals surface area contributed by atoms with Crippen LogP contribution in [0.3, 0.4) is 0 Å². The second-order valence-corrected chi connectivity index (χ2v) is 6.21. The Balaban J connectivity index is 0.00000364. The van der Waals surface area contributed by atoms with Crippen LogP contribution >= 0.6 is 24.0 Å². The quantitative estimate of drug-likeness (QED) is 0.259. The van der Waals surface area contributed by atoms with Gasteiger partial charge in [-0.15, -0.1) is 24.0 Å². The van der Waals surface area contributed by atoms with E-state index < -0.39 is 5.82 Å². The van der Waals surface area contributed by atoms with Crippen molar-refractivity contribution in [2.24, 2.45) is 4.99 Å². The number of ether oxygens (including phenoxy) is 1. The third kappa shape index (κ3) is 7.77. The first-order valence-electron chi connectivity index (χ1n) is 9.46. The zero-order chi connectivity index (χ0) is 18.8. The van der Waals surface area contributed by atoms with E-state index in [1.807, 2.05) is 18.7 Å². The highest BCUT2D eigenvalue weighted by molar-refractivity contribution is 14.0. The van der Waals surface area contributed by atoms with Crippen LogP contribution in [0.2, 0.25) is 0 Å². The van der Waals surface area contributed by atoms with Crippen LogP contribution in [0.1, 0.15) is 26.7 Å². The van der Waals surface area contributed by atoms with Crippen LogP contribution in [-0.2, 0) is 4.74 Å². The Bertz CT molecular complexity index is 581. The molecule has 1 saturated heterocycles. The molecule has 1 aliphatic heterocycles. The first kappa shape index (κ1) is 23.9. The molecule has 27 heavy (non-hydrogen) atoms. The molecule has 0 atom stereocenters. The molecule has 0 unspecified atom stereocenters. The third-order valence-corrected chi connectivity index (χ3v) is 4.33. The number of hydrogen-bond donors (Lipinski definition) is 1. The maximum absolute atomic E-state index is 14.0. The molecule has 5 nitrogen and oxygen atoms in total. The molecule has 0 saturated carbocycles. The van der Waals surface area contributed by atoms with Crippen LogP contribution in [0.25, 0.3) is 0 Å². The Hall–Kier alpha value is -1.16. The highest BCUT2D eigenvalue weighted by atomic mass is 127. The first-order chi connectivity index (χ1) is 12.7. The fraction of sp³-hybridized carbons (Fsp3) is 0.632. The summed E-state index contributed by atoms with van der Waals surface area (Å²) >= 11 is 0. The smallest absolute Gasteiger partial charge is 0.194 e. The van der Waals surface area contributed by atoms with Gasteiger partial charge in [0, 0.05) is 58.5 Å². The molecule has 154 valence electrons. The fourth-order valence-electron chi connectivity index (χ4n) is 2.96.